The molecule has 0 saturated heterocycles. The Balaban J connectivity index is 2.75. The van der Waals surface area contributed by atoms with E-state index < -0.39 is 31.4 Å². The number of hydrogen-bond acceptors (Lipinski definition) is 4. The zero-order chi connectivity index (χ0) is 18.0. The molecule has 0 radical (unpaired) electrons. The van der Waals surface area contributed by atoms with Crippen LogP contribution in [0.1, 0.15) is 28.5 Å². The molecule has 0 amide bonds. The Morgan fingerprint density at radius 3 is 2.58 bits per heavy atom. The SMILES string of the molecule is CCn1c(=O)c(C(=O)PO)c(Cc2ccc(I)cc2F)n(C)c1=O. The molecule has 1 heterocycles. The van der Waals surface area contributed by atoms with Crippen molar-refractivity contribution in [3.63, 3.8) is 0 Å². The van der Waals surface area contributed by atoms with Crippen LogP contribution in [0.5, 0.6) is 0 Å². The zero-order valence-corrected chi connectivity index (χ0v) is 16.1. The van der Waals surface area contributed by atoms with Gasteiger partial charge in [0, 0.05) is 29.3 Å². The summed E-state index contributed by atoms with van der Waals surface area (Å²) < 4.78 is 16.9. The highest BCUT2D eigenvalue weighted by atomic mass is 127. The summed E-state index contributed by atoms with van der Waals surface area (Å²) in [7, 11) is 0.308. The molecule has 0 bridgehead atoms. The Hall–Kier alpha value is -1.38. The summed E-state index contributed by atoms with van der Waals surface area (Å²) >= 11 is 1.97. The van der Waals surface area contributed by atoms with Gasteiger partial charge in [-0.05, 0) is 47.2 Å². The summed E-state index contributed by atoms with van der Waals surface area (Å²) in [5, 5.41) is 0. The molecule has 9 heteroatoms. The Labute approximate surface area is 152 Å². The van der Waals surface area contributed by atoms with Crippen molar-refractivity contribution in [2.24, 2.45) is 7.05 Å². The molecular formula is C15H15FIN2O4P. The molecule has 2 aromatic rings. The van der Waals surface area contributed by atoms with Crippen LogP contribution >= 0.6 is 31.4 Å². The number of carbonyl (C=O) groups excluding carboxylic acids is 1. The number of nitrogens with zero attached hydrogens (tertiary/aromatic N) is 2. The molecule has 0 saturated carbocycles. The Morgan fingerprint density at radius 1 is 1.38 bits per heavy atom. The van der Waals surface area contributed by atoms with E-state index in [0.717, 1.165) is 9.13 Å². The van der Waals surface area contributed by atoms with Crippen LogP contribution in [0.2, 0.25) is 0 Å². The maximum Gasteiger partial charge on any atom is 0.330 e. The maximum absolute atomic E-state index is 14.1. The lowest BCUT2D eigenvalue weighted by molar-refractivity contribution is 0.107. The first-order valence-corrected chi connectivity index (χ1v) is 9.05. The summed E-state index contributed by atoms with van der Waals surface area (Å²) in [4.78, 5) is 46.0. The first kappa shape index (κ1) is 19.0. The average Bonchev–Trinajstić information content (AvgIpc) is 2.54. The topological polar surface area (TPSA) is 81.3 Å². The molecule has 2 rings (SSSR count). The van der Waals surface area contributed by atoms with Crippen LogP contribution in [0.4, 0.5) is 4.39 Å². The molecule has 1 aromatic heterocycles. The van der Waals surface area contributed by atoms with Gasteiger partial charge in [0.05, 0.1) is 8.81 Å². The largest absolute Gasteiger partial charge is 0.369 e. The Bertz CT molecular complexity index is 923. The lowest BCUT2D eigenvalue weighted by atomic mass is 10.1. The van der Waals surface area contributed by atoms with E-state index in [1.807, 2.05) is 22.6 Å². The molecule has 0 aliphatic carbocycles. The third-order valence-electron chi connectivity index (χ3n) is 3.69. The van der Waals surface area contributed by atoms with Crippen molar-refractivity contribution in [2.75, 3.05) is 0 Å². The zero-order valence-electron chi connectivity index (χ0n) is 13.0. The van der Waals surface area contributed by atoms with E-state index in [1.54, 1.807) is 19.1 Å². The molecule has 0 aliphatic rings. The minimum absolute atomic E-state index is 0.0957. The third kappa shape index (κ3) is 3.50. The lowest BCUT2D eigenvalue weighted by Crippen LogP contribution is -2.43. The first-order chi connectivity index (χ1) is 11.3. The fraction of sp³-hybridized carbons (Fsp3) is 0.267. The number of carbonyl (C=O) groups is 1. The molecule has 1 unspecified atom stereocenters. The van der Waals surface area contributed by atoms with Gasteiger partial charge in [0.1, 0.15) is 11.4 Å². The smallest absolute Gasteiger partial charge is 0.330 e. The van der Waals surface area contributed by atoms with Crippen LogP contribution in [0.25, 0.3) is 0 Å². The van der Waals surface area contributed by atoms with Gasteiger partial charge in [-0.15, -0.1) is 0 Å². The molecule has 1 aromatic carbocycles. The van der Waals surface area contributed by atoms with Gasteiger partial charge in [-0.1, -0.05) is 6.07 Å². The van der Waals surface area contributed by atoms with Crippen LogP contribution in [0.15, 0.2) is 27.8 Å². The number of aromatic nitrogens is 2. The number of halogens is 2. The highest BCUT2D eigenvalue weighted by Gasteiger charge is 2.23. The van der Waals surface area contributed by atoms with Crippen LogP contribution < -0.4 is 11.2 Å². The van der Waals surface area contributed by atoms with Crippen molar-refractivity contribution in [1.82, 2.24) is 9.13 Å². The fourth-order valence-electron chi connectivity index (χ4n) is 2.42. The highest BCUT2D eigenvalue weighted by molar-refractivity contribution is 14.1. The van der Waals surface area contributed by atoms with Crippen molar-refractivity contribution < 1.29 is 14.1 Å². The van der Waals surface area contributed by atoms with Crippen molar-refractivity contribution in [3.05, 3.63) is 65.2 Å². The highest BCUT2D eigenvalue weighted by Crippen LogP contribution is 2.20. The van der Waals surface area contributed by atoms with Crippen molar-refractivity contribution in [1.29, 1.82) is 0 Å². The van der Waals surface area contributed by atoms with Crippen LogP contribution in [0.3, 0.4) is 0 Å². The minimum Gasteiger partial charge on any atom is -0.369 e. The molecule has 0 spiro atoms. The van der Waals surface area contributed by atoms with Gasteiger partial charge in [0.2, 0.25) is 5.52 Å². The van der Waals surface area contributed by atoms with E-state index in [1.165, 1.54) is 13.1 Å². The molecule has 24 heavy (non-hydrogen) atoms. The van der Waals surface area contributed by atoms with E-state index in [4.69, 9.17) is 0 Å². The molecule has 0 aliphatic heterocycles. The molecule has 1 atom stereocenters. The standard InChI is InChI=1S/C15H15FIN2O4P/c1-3-19-13(20)12(14(21)24-23)11(18(2)15(19)22)6-8-4-5-9(17)7-10(8)16/h4-5,7,23-24H,3,6H2,1-2H3. The molecule has 0 fully saturated rings. The van der Waals surface area contributed by atoms with Gasteiger partial charge in [0.15, 0.2) is 0 Å². The normalized spacial score (nSPS) is 11.4. The van der Waals surface area contributed by atoms with E-state index in [0.29, 0.717) is 3.57 Å². The molecule has 1 N–H and O–H groups in total. The first-order valence-electron chi connectivity index (χ1n) is 7.02. The predicted octanol–water partition coefficient (Wildman–Crippen LogP) is 1.63. The third-order valence-corrected chi connectivity index (χ3v) is 4.81. The van der Waals surface area contributed by atoms with Gasteiger partial charge in [-0.3, -0.25) is 18.7 Å². The quantitative estimate of drug-likeness (QED) is 0.539. The van der Waals surface area contributed by atoms with Crippen molar-refractivity contribution in [2.45, 2.75) is 19.9 Å². The van der Waals surface area contributed by atoms with Crippen LogP contribution in [-0.4, -0.2) is 19.6 Å². The second-order valence-corrected chi connectivity index (χ2v) is 6.99. The average molecular weight is 464 g/mol. The number of hydrogen-bond donors (Lipinski definition) is 1. The van der Waals surface area contributed by atoms with E-state index >= 15 is 0 Å². The van der Waals surface area contributed by atoms with Crippen molar-refractivity contribution in [3.8, 4) is 0 Å². The van der Waals surface area contributed by atoms with Gasteiger partial charge in [-0.25, -0.2) is 9.18 Å². The molecule has 6 nitrogen and oxygen atoms in total. The molecule has 128 valence electrons. The van der Waals surface area contributed by atoms with Crippen LogP contribution in [0, 0.1) is 9.39 Å². The lowest BCUT2D eigenvalue weighted by Gasteiger charge is -2.15. The Morgan fingerprint density at radius 2 is 2.04 bits per heavy atom. The molecular weight excluding hydrogens is 449 g/mol. The van der Waals surface area contributed by atoms with Crippen molar-refractivity contribution >= 4 is 36.9 Å². The second kappa shape index (κ2) is 7.67. The summed E-state index contributed by atoms with van der Waals surface area (Å²) in [6.07, 6.45) is -0.0974. The number of benzene rings is 1. The van der Waals surface area contributed by atoms with E-state index in [9.17, 15) is 23.7 Å². The van der Waals surface area contributed by atoms with Gasteiger partial charge in [0.25, 0.3) is 5.56 Å². The van der Waals surface area contributed by atoms with E-state index in [2.05, 4.69) is 0 Å². The summed E-state index contributed by atoms with van der Waals surface area (Å²) in [6, 6.07) is 4.57. The maximum atomic E-state index is 14.1. The second-order valence-electron chi connectivity index (χ2n) is 5.07. The summed E-state index contributed by atoms with van der Waals surface area (Å²) in [6.45, 7) is 1.70. The summed E-state index contributed by atoms with van der Waals surface area (Å²) in [5.41, 5.74) is -2.01. The van der Waals surface area contributed by atoms with Gasteiger partial charge < -0.3 is 4.89 Å². The minimum atomic E-state index is -1.11. The predicted molar refractivity (Wildman–Crippen MR) is 98.4 cm³/mol. The monoisotopic (exact) mass is 464 g/mol. The van der Waals surface area contributed by atoms with Gasteiger partial charge in [-0.2, -0.15) is 0 Å². The van der Waals surface area contributed by atoms with Gasteiger partial charge >= 0.3 is 5.69 Å². The van der Waals surface area contributed by atoms with Crippen LogP contribution in [-0.2, 0) is 20.0 Å². The Kier molecular flexibility index (Phi) is 6.06. The summed E-state index contributed by atoms with van der Waals surface area (Å²) in [5.74, 6) is -0.487. The fourth-order valence-corrected chi connectivity index (χ4v) is 3.24. The van der Waals surface area contributed by atoms with E-state index in [-0.39, 0.29) is 29.8 Å². The number of rotatable bonds is 5.